The van der Waals surface area contributed by atoms with Gasteiger partial charge in [-0.3, -0.25) is 0 Å². The maximum atomic E-state index is 5.88. The topological polar surface area (TPSA) is 55.4 Å². The van der Waals surface area contributed by atoms with Crippen LogP contribution in [0.25, 0.3) is 0 Å². The summed E-state index contributed by atoms with van der Waals surface area (Å²) in [7, 11) is -2.91. The van der Waals surface area contributed by atoms with Crippen molar-refractivity contribution in [2.24, 2.45) is 0 Å². The molecule has 0 N–H and O–H groups in total. The quantitative estimate of drug-likeness (QED) is 0.379. The predicted molar refractivity (Wildman–Crippen MR) is 78.8 cm³/mol. The van der Waals surface area contributed by atoms with Crippen LogP contribution in [0.2, 0.25) is 0 Å². The van der Waals surface area contributed by atoms with Crippen molar-refractivity contribution in [3.05, 3.63) is 0 Å². The van der Waals surface area contributed by atoms with Gasteiger partial charge in [0.25, 0.3) is 0 Å². The van der Waals surface area contributed by atoms with E-state index in [9.17, 15) is 0 Å². The SMILES string of the molecule is CCOP(=[Se])(OCC)O[P+](OCC)(OCC)OCC. The Bertz CT molecular complexity index is 252. The van der Waals surface area contributed by atoms with Crippen LogP contribution in [0, 0.1) is 0 Å². The summed E-state index contributed by atoms with van der Waals surface area (Å²) in [6.07, 6.45) is -2.63. The van der Waals surface area contributed by atoms with Gasteiger partial charge in [0.15, 0.2) is 0 Å². The monoisotopic (exact) mass is 383 g/mol. The molecule has 0 heterocycles. The molecule has 0 aromatic heterocycles. The molecular formula is C10H25O6P2Se+. The van der Waals surface area contributed by atoms with Gasteiger partial charge in [-0.05, 0) is 0 Å². The summed E-state index contributed by atoms with van der Waals surface area (Å²) >= 11 is 2.86. The van der Waals surface area contributed by atoms with Gasteiger partial charge in [0, 0.05) is 0 Å². The average Bonchev–Trinajstić information content (AvgIpc) is 2.30. The van der Waals surface area contributed by atoms with Crippen LogP contribution in [0.4, 0.5) is 0 Å². The van der Waals surface area contributed by atoms with Crippen LogP contribution in [-0.2, 0) is 26.9 Å². The molecule has 0 aromatic rings. The first-order chi connectivity index (χ1) is 9.01. The Balaban J connectivity index is 5.05. The van der Waals surface area contributed by atoms with Crippen molar-refractivity contribution in [2.45, 2.75) is 34.6 Å². The predicted octanol–water partition coefficient (Wildman–Crippen LogP) is 3.71. The van der Waals surface area contributed by atoms with Gasteiger partial charge in [-0.15, -0.1) is 0 Å². The fourth-order valence-corrected chi connectivity index (χ4v) is 7.85. The van der Waals surface area contributed by atoms with Crippen molar-refractivity contribution in [1.29, 1.82) is 0 Å². The first-order valence-electron chi connectivity index (χ1n) is 6.44. The molecule has 0 bridgehead atoms. The fourth-order valence-electron chi connectivity index (χ4n) is 1.18. The van der Waals surface area contributed by atoms with Crippen LogP contribution < -0.4 is 0 Å². The van der Waals surface area contributed by atoms with Crippen molar-refractivity contribution in [3.8, 4) is 0 Å². The molecule has 0 spiro atoms. The Hall–Kier alpha value is 1.14. The second-order valence-corrected chi connectivity index (χ2v) is 9.61. The molecule has 0 saturated carbocycles. The van der Waals surface area contributed by atoms with Crippen molar-refractivity contribution in [2.75, 3.05) is 33.0 Å². The van der Waals surface area contributed by atoms with E-state index in [1.165, 1.54) is 0 Å². The molecule has 0 atom stereocenters. The van der Waals surface area contributed by atoms with Gasteiger partial charge in [-0.2, -0.15) is 0 Å². The van der Waals surface area contributed by atoms with Crippen molar-refractivity contribution in [3.63, 3.8) is 0 Å². The zero-order chi connectivity index (χ0) is 14.8. The molecule has 0 aliphatic carbocycles. The Kier molecular flexibility index (Phi) is 11.5. The van der Waals surface area contributed by atoms with Crippen LogP contribution in [-0.4, -0.2) is 48.1 Å². The molecule has 116 valence electrons. The minimum atomic E-state index is -2.91. The summed E-state index contributed by atoms with van der Waals surface area (Å²) in [6, 6.07) is 0. The van der Waals surface area contributed by atoms with Crippen molar-refractivity contribution in [1.82, 2.24) is 0 Å². The van der Waals surface area contributed by atoms with Gasteiger partial charge in [0.1, 0.15) is 0 Å². The van der Waals surface area contributed by atoms with Crippen LogP contribution in [0.15, 0.2) is 0 Å². The van der Waals surface area contributed by atoms with Gasteiger partial charge in [-0.1, -0.05) is 0 Å². The molecule has 0 saturated heterocycles. The van der Waals surface area contributed by atoms with E-state index >= 15 is 0 Å². The molecule has 0 aromatic carbocycles. The van der Waals surface area contributed by atoms with E-state index in [4.69, 9.17) is 26.9 Å². The van der Waals surface area contributed by atoms with E-state index in [-0.39, 0.29) is 0 Å². The summed E-state index contributed by atoms with van der Waals surface area (Å²) in [5.74, 6) is 0. The standard InChI is InChI=1S/C10H25O6P2Se/c1-6-11-17(12-7-2,13-8-3)16-18(19,14-9-4)15-10-5/h6-10H2,1-5H3/q+1. The molecule has 6 nitrogen and oxygen atoms in total. The number of hydrogen-bond acceptors (Lipinski definition) is 6. The third-order valence-electron chi connectivity index (χ3n) is 1.64. The van der Waals surface area contributed by atoms with Crippen LogP contribution in [0.3, 0.4) is 0 Å². The molecule has 19 heavy (non-hydrogen) atoms. The van der Waals surface area contributed by atoms with E-state index in [0.717, 1.165) is 0 Å². The summed E-state index contributed by atoms with van der Waals surface area (Å²) in [4.78, 5) is 0. The molecule has 0 radical (unpaired) electrons. The van der Waals surface area contributed by atoms with E-state index in [1.54, 1.807) is 0 Å². The first-order valence-corrected chi connectivity index (χ1v) is 11.7. The summed E-state index contributed by atoms with van der Waals surface area (Å²) in [6.45, 7) is 11.5. The van der Waals surface area contributed by atoms with E-state index in [1.807, 2.05) is 34.6 Å². The Morgan fingerprint density at radius 2 is 1.11 bits per heavy atom. The van der Waals surface area contributed by atoms with Gasteiger partial charge in [-0.25, -0.2) is 0 Å². The summed E-state index contributed by atoms with van der Waals surface area (Å²) < 4.78 is 33.8. The van der Waals surface area contributed by atoms with Gasteiger partial charge >= 0.3 is 124 Å². The molecule has 9 heteroatoms. The molecule has 0 aliphatic rings. The summed E-state index contributed by atoms with van der Waals surface area (Å²) in [5, 5.41) is 0. The fraction of sp³-hybridized carbons (Fsp3) is 1.00. The Morgan fingerprint density at radius 3 is 1.37 bits per heavy atom. The molecule has 0 rings (SSSR count). The van der Waals surface area contributed by atoms with E-state index in [0.29, 0.717) is 33.0 Å². The second-order valence-electron chi connectivity index (χ2n) is 3.06. The third-order valence-corrected chi connectivity index (χ3v) is 8.69. The molecule has 0 unspecified atom stereocenters. The first kappa shape index (κ1) is 20.1. The van der Waals surface area contributed by atoms with Gasteiger partial charge in [0.05, 0.1) is 0 Å². The van der Waals surface area contributed by atoms with E-state index < -0.39 is 14.4 Å². The van der Waals surface area contributed by atoms with Crippen LogP contribution in [0.5, 0.6) is 0 Å². The maximum absolute atomic E-state index is 5.88. The van der Waals surface area contributed by atoms with E-state index in [2.05, 4.69) is 15.1 Å². The van der Waals surface area contributed by atoms with Crippen LogP contribution in [0.1, 0.15) is 34.6 Å². The normalized spacial score (nSPS) is 12.9. The molecule has 0 aliphatic heterocycles. The minimum absolute atomic E-state index is 0.423. The molecule has 0 amide bonds. The zero-order valence-corrected chi connectivity index (χ0v) is 15.8. The number of hydrogen-bond donors (Lipinski definition) is 0. The Morgan fingerprint density at radius 1 is 0.737 bits per heavy atom. The zero-order valence-electron chi connectivity index (χ0n) is 12.3. The van der Waals surface area contributed by atoms with Gasteiger partial charge < -0.3 is 0 Å². The van der Waals surface area contributed by atoms with Crippen molar-refractivity contribution < 1.29 is 26.9 Å². The van der Waals surface area contributed by atoms with Crippen molar-refractivity contribution >= 4 is 29.5 Å². The molecule has 0 fully saturated rings. The third kappa shape index (κ3) is 7.63. The van der Waals surface area contributed by atoms with Crippen LogP contribution >= 0.6 is 14.4 Å². The van der Waals surface area contributed by atoms with Gasteiger partial charge in [0.2, 0.25) is 0 Å². The second kappa shape index (κ2) is 10.8. The number of rotatable bonds is 12. The molecular weight excluding hydrogens is 357 g/mol. The average molecular weight is 382 g/mol. The Labute approximate surface area is 124 Å². The summed E-state index contributed by atoms with van der Waals surface area (Å²) in [5.41, 5.74) is 0.